The first kappa shape index (κ1) is 9.96. The van der Waals surface area contributed by atoms with Crippen molar-refractivity contribution >= 4 is 0 Å². The molecule has 1 rings (SSSR count). The third-order valence-corrected chi connectivity index (χ3v) is 2.81. The fourth-order valence-corrected chi connectivity index (χ4v) is 1.73. The third kappa shape index (κ3) is 2.19. The zero-order valence-electron chi connectivity index (χ0n) is 7.87. The van der Waals surface area contributed by atoms with Gasteiger partial charge in [0.05, 0.1) is 6.61 Å². The topological polar surface area (TPSA) is 49.5 Å². The van der Waals surface area contributed by atoms with Crippen molar-refractivity contribution in [3.05, 3.63) is 0 Å². The monoisotopic (exact) mass is 172 g/mol. The van der Waals surface area contributed by atoms with Crippen LogP contribution in [-0.2, 0) is 0 Å². The molecule has 1 fully saturated rings. The van der Waals surface area contributed by atoms with Gasteiger partial charge in [0.25, 0.3) is 0 Å². The highest BCUT2D eigenvalue weighted by Crippen LogP contribution is 2.25. The van der Waals surface area contributed by atoms with E-state index in [1.807, 2.05) is 0 Å². The molecule has 1 saturated carbocycles. The van der Waals surface area contributed by atoms with E-state index in [9.17, 15) is 0 Å². The number of hydrogen-bond acceptors (Lipinski definition) is 3. The molecule has 0 amide bonds. The molecule has 0 bridgehead atoms. The molecule has 3 nitrogen and oxygen atoms in total. The average Bonchev–Trinajstić information content (AvgIpc) is 1.99. The van der Waals surface area contributed by atoms with Crippen molar-refractivity contribution in [1.29, 1.82) is 0 Å². The molecular weight excluding hydrogens is 152 g/mol. The van der Waals surface area contributed by atoms with Crippen molar-refractivity contribution in [2.75, 3.05) is 19.7 Å². The molecule has 3 heteroatoms. The van der Waals surface area contributed by atoms with Gasteiger partial charge in [-0.2, -0.15) is 0 Å². The Balaban J connectivity index is 2.35. The van der Waals surface area contributed by atoms with Crippen LogP contribution < -0.4 is 5.73 Å². The number of hydrogen-bond donors (Lipinski definition) is 2. The lowest BCUT2D eigenvalue weighted by Gasteiger charge is -2.40. The molecule has 0 spiro atoms. The van der Waals surface area contributed by atoms with E-state index in [1.54, 1.807) is 0 Å². The molecule has 72 valence electrons. The number of nitrogens with zero attached hydrogens (tertiary/aromatic N) is 1. The molecule has 0 radical (unpaired) electrons. The van der Waals surface area contributed by atoms with Crippen LogP contribution in [-0.4, -0.2) is 41.8 Å². The van der Waals surface area contributed by atoms with Gasteiger partial charge in [-0.05, 0) is 19.8 Å². The van der Waals surface area contributed by atoms with Crippen LogP contribution in [0.3, 0.4) is 0 Å². The van der Waals surface area contributed by atoms with Crippen LogP contribution in [0.5, 0.6) is 0 Å². The smallest absolute Gasteiger partial charge is 0.0558 e. The molecule has 3 N–H and O–H groups in total. The summed E-state index contributed by atoms with van der Waals surface area (Å²) in [6, 6.07) is 1.11. The maximum absolute atomic E-state index is 8.87. The van der Waals surface area contributed by atoms with Gasteiger partial charge in [-0.15, -0.1) is 0 Å². The van der Waals surface area contributed by atoms with Crippen molar-refractivity contribution in [1.82, 2.24) is 4.90 Å². The summed E-state index contributed by atoms with van der Waals surface area (Å²) in [5.74, 6) is 0. The van der Waals surface area contributed by atoms with Gasteiger partial charge in [0.1, 0.15) is 0 Å². The zero-order chi connectivity index (χ0) is 8.97. The van der Waals surface area contributed by atoms with Crippen molar-refractivity contribution in [3.63, 3.8) is 0 Å². The Kier molecular flexibility index (Phi) is 3.98. The lowest BCUT2D eigenvalue weighted by Crippen LogP contribution is -2.49. The van der Waals surface area contributed by atoms with Gasteiger partial charge in [0.2, 0.25) is 0 Å². The Hall–Kier alpha value is -0.120. The number of rotatable bonds is 5. The van der Waals surface area contributed by atoms with Gasteiger partial charge < -0.3 is 10.8 Å². The normalized spacial score (nSPS) is 21.0. The number of aliphatic hydroxyl groups excluding tert-OH is 1. The Morgan fingerprint density at radius 2 is 2.25 bits per heavy atom. The third-order valence-electron chi connectivity index (χ3n) is 2.81. The summed E-state index contributed by atoms with van der Waals surface area (Å²) in [6.45, 7) is 3.86. The lowest BCUT2D eigenvalue weighted by molar-refractivity contribution is 0.0697. The minimum atomic E-state index is 0.251. The molecule has 1 aliphatic carbocycles. The second-order valence-corrected chi connectivity index (χ2v) is 3.63. The van der Waals surface area contributed by atoms with E-state index in [0.717, 1.165) is 6.54 Å². The molecule has 0 heterocycles. The standard InChI is InChI=1S/C9H20N2O/c1-8(7-10)11(5-6-12)9-3-2-4-9/h8-9,12H,2-7,10H2,1H3. The minimum Gasteiger partial charge on any atom is -0.395 e. The van der Waals surface area contributed by atoms with Crippen LogP contribution in [0.4, 0.5) is 0 Å². The molecule has 1 aliphatic rings. The van der Waals surface area contributed by atoms with E-state index in [2.05, 4.69) is 11.8 Å². The number of aliphatic hydroxyl groups is 1. The molecule has 0 saturated heterocycles. The summed E-state index contributed by atoms with van der Waals surface area (Å²) >= 11 is 0. The summed E-state index contributed by atoms with van der Waals surface area (Å²) in [4.78, 5) is 2.34. The second-order valence-electron chi connectivity index (χ2n) is 3.63. The van der Waals surface area contributed by atoms with Gasteiger partial charge in [0.15, 0.2) is 0 Å². The van der Waals surface area contributed by atoms with E-state index in [1.165, 1.54) is 19.3 Å². The average molecular weight is 172 g/mol. The Labute approximate surface area is 74.5 Å². The maximum Gasteiger partial charge on any atom is 0.0558 e. The Morgan fingerprint density at radius 1 is 1.58 bits per heavy atom. The first-order valence-corrected chi connectivity index (χ1v) is 4.86. The fraction of sp³-hybridized carbons (Fsp3) is 1.00. The predicted molar refractivity (Wildman–Crippen MR) is 49.9 cm³/mol. The highest BCUT2D eigenvalue weighted by atomic mass is 16.3. The van der Waals surface area contributed by atoms with Crippen LogP contribution in [0.1, 0.15) is 26.2 Å². The molecule has 0 aliphatic heterocycles. The van der Waals surface area contributed by atoms with Gasteiger partial charge >= 0.3 is 0 Å². The van der Waals surface area contributed by atoms with Gasteiger partial charge in [-0.3, -0.25) is 4.90 Å². The van der Waals surface area contributed by atoms with Gasteiger partial charge in [0, 0.05) is 25.2 Å². The van der Waals surface area contributed by atoms with E-state index in [-0.39, 0.29) is 6.61 Å². The largest absolute Gasteiger partial charge is 0.395 e. The fourth-order valence-electron chi connectivity index (χ4n) is 1.73. The molecule has 0 aromatic rings. The number of nitrogens with two attached hydrogens (primary N) is 1. The lowest BCUT2D eigenvalue weighted by atomic mass is 9.90. The SMILES string of the molecule is CC(CN)N(CCO)C1CCC1. The van der Waals surface area contributed by atoms with Crippen molar-refractivity contribution in [3.8, 4) is 0 Å². The van der Waals surface area contributed by atoms with Crippen molar-refractivity contribution in [2.24, 2.45) is 5.73 Å². The van der Waals surface area contributed by atoms with Gasteiger partial charge in [-0.25, -0.2) is 0 Å². The second kappa shape index (κ2) is 4.80. The highest BCUT2D eigenvalue weighted by Gasteiger charge is 2.27. The maximum atomic E-state index is 8.87. The molecule has 0 aromatic carbocycles. The van der Waals surface area contributed by atoms with Crippen LogP contribution in [0.2, 0.25) is 0 Å². The summed E-state index contributed by atoms with van der Waals surface area (Å²) in [5, 5.41) is 8.87. The molecule has 1 atom stereocenters. The molecular formula is C9H20N2O. The molecule has 0 aromatic heterocycles. The van der Waals surface area contributed by atoms with Gasteiger partial charge in [-0.1, -0.05) is 6.42 Å². The van der Waals surface area contributed by atoms with E-state index in [0.29, 0.717) is 18.6 Å². The highest BCUT2D eigenvalue weighted by molar-refractivity contribution is 4.83. The predicted octanol–water partition coefficient (Wildman–Crippen LogP) is 0.180. The van der Waals surface area contributed by atoms with Crippen molar-refractivity contribution < 1.29 is 5.11 Å². The van der Waals surface area contributed by atoms with Crippen LogP contribution in [0.25, 0.3) is 0 Å². The quantitative estimate of drug-likeness (QED) is 0.622. The zero-order valence-corrected chi connectivity index (χ0v) is 7.87. The minimum absolute atomic E-state index is 0.251. The van der Waals surface area contributed by atoms with Crippen LogP contribution in [0.15, 0.2) is 0 Å². The first-order chi connectivity index (χ1) is 5.79. The van der Waals surface area contributed by atoms with E-state index in [4.69, 9.17) is 10.8 Å². The van der Waals surface area contributed by atoms with Crippen LogP contribution >= 0.6 is 0 Å². The Morgan fingerprint density at radius 3 is 2.58 bits per heavy atom. The summed E-state index contributed by atoms with van der Waals surface area (Å²) in [7, 11) is 0. The molecule has 1 unspecified atom stereocenters. The van der Waals surface area contributed by atoms with E-state index < -0.39 is 0 Å². The van der Waals surface area contributed by atoms with Crippen molar-refractivity contribution in [2.45, 2.75) is 38.3 Å². The van der Waals surface area contributed by atoms with Crippen LogP contribution in [0, 0.1) is 0 Å². The Bertz CT molecular complexity index is 121. The molecule has 12 heavy (non-hydrogen) atoms. The summed E-state index contributed by atoms with van der Waals surface area (Å²) in [5.41, 5.74) is 5.60. The first-order valence-electron chi connectivity index (χ1n) is 4.86. The summed E-state index contributed by atoms with van der Waals surface area (Å²) in [6.07, 6.45) is 3.90. The van der Waals surface area contributed by atoms with E-state index >= 15 is 0 Å². The summed E-state index contributed by atoms with van der Waals surface area (Å²) < 4.78 is 0.